The van der Waals surface area contributed by atoms with E-state index in [9.17, 15) is 14.4 Å². The van der Waals surface area contributed by atoms with Gasteiger partial charge in [0, 0.05) is 10.9 Å². The van der Waals surface area contributed by atoms with Crippen LogP contribution in [0.25, 0.3) is 0 Å². The Kier molecular flexibility index (Phi) is 7.45. The van der Waals surface area contributed by atoms with Gasteiger partial charge in [0.25, 0.3) is 5.91 Å². The van der Waals surface area contributed by atoms with Crippen LogP contribution in [0.2, 0.25) is 0 Å². The third kappa shape index (κ3) is 6.06. The summed E-state index contributed by atoms with van der Waals surface area (Å²) in [5, 5.41) is 8.72. The molecule has 3 amide bonds. The predicted octanol–water partition coefficient (Wildman–Crippen LogP) is 2.98. The number of nitrogens with one attached hydrogen (secondary N) is 2. The second kappa shape index (κ2) is 10.2. The van der Waals surface area contributed by atoms with Crippen molar-refractivity contribution < 1.29 is 23.6 Å². The Hall–Kier alpha value is -2.88. The summed E-state index contributed by atoms with van der Waals surface area (Å²) in [6.45, 7) is 3.15. The van der Waals surface area contributed by atoms with Gasteiger partial charge in [-0.2, -0.15) is 4.98 Å². The number of benzene rings is 1. The van der Waals surface area contributed by atoms with Crippen LogP contribution in [0, 0.1) is 6.92 Å². The fraction of sp³-hybridized carbons (Fsp3) is 0.450. The maximum atomic E-state index is 12.6. The molecule has 10 heteroatoms. The number of nitrogens with zero attached hydrogens (tertiary/aromatic N) is 2. The molecule has 160 valence electrons. The van der Waals surface area contributed by atoms with Crippen molar-refractivity contribution in [2.75, 3.05) is 0 Å². The van der Waals surface area contributed by atoms with Crippen LogP contribution in [0.3, 0.4) is 0 Å². The lowest BCUT2D eigenvalue weighted by Crippen LogP contribution is -2.47. The number of urea groups is 1. The van der Waals surface area contributed by atoms with Gasteiger partial charge in [-0.1, -0.05) is 30.1 Å². The van der Waals surface area contributed by atoms with E-state index in [0.29, 0.717) is 27.9 Å². The van der Waals surface area contributed by atoms with Crippen molar-refractivity contribution in [2.45, 2.75) is 62.3 Å². The molecule has 1 aromatic carbocycles. The van der Waals surface area contributed by atoms with Crippen LogP contribution in [0.15, 0.2) is 33.7 Å². The molecule has 1 saturated carbocycles. The molecule has 0 saturated heterocycles. The van der Waals surface area contributed by atoms with Gasteiger partial charge in [0.2, 0.25) is 5.89 Å². The maximum absolute atomic E-state index is 12.6. The first-order chi connectivity index (χ1) is 14.4. The van der Waals surface area contributed by atoms with Crippen molar-refractivity contribution in [1.82, 2.24) is 20.8 Å². The van der Waals surface area contributed by atoms with Gasteiger partial charge in [-0.05, 0) is 38.8 Å². The number of ether oxygens (including phenoxy) is 1. The number of thioether (sulfide) groups is 1. The molecule has 1 atom stereocenters. The second-order valence-electron chi connectivity index (χ2n) is 7.01. The highest BCUT2D eigenvalue weighted by atomic mass is 32.2. The number of rotatable bonds is 7. The lowest BCUT2D eigenvalue weighted by atomic mass is 10.2. The minimum absolute atomic E-state index is 0.0854. The minimum Gasteiger partial charge on any atom is -0.449 e. The molecular formula is C20H24N4O5S. The molecule has 0 radical (unpaired) electrons. The zero-order valence-electron chi connectivity index (χ0n) is 16.8. The summed E-state index contributed by atoms with van der Waals surface area (Å²) in [7, 11) is 0. The number of esters is 1. The highest BCUT2D eigenvalue weighted by Gasteiger charge is 2.24. The van der Waals surface area contributed by atoms with Gasteiger partial charge in [0.1, 0.15) is 0 Å². The molecule has 1 fully saturated rings. The number of imide groups is 1. The number of aryl methyl sites for hydroxylation is 1. The number of hydrogen-bond donors (Lipinski definition) is 2. The normalized spacial score (nSPS) is 14.9. The number of hydrogen-bond acceptors (Lipinski definition) is 8. The molecule has 30 heavy (non-hydrogen) atoms. The summed E-state index contributed by atoms with van der Waals surface area (Å²) in [5.41, 5.74) is 0.314. The van der Waals surface area contributed by atoms with Gasteiger partial charge in [-0.3, -0.25) is 10.1 Å². The van der Waals surface area contributed by atoms with Crippen molar-refractivity contribution in [3.8, 4) is 0 Å². The molecule has 1 heterocycles. The van der Waals surface area contributed by atoms with E-state index in [-0.39, 0.29) is 6.04 Å². The zero-order valence-corrected chi connectivity index (χ0v) is 17.7. The third-order valence-corrected chi connectivity index (χ3v) is 5.67. The first-order valence-electron chi connectivity index (χ1n) is 9.75. The molecule has 0 aliphatic heterocycles. The van der Waals surface area contributed by atoms with Gasteiger partial charge in [-0.25, -0.2) is 9.59 Å². The van der Waals surface area contributed by atoms with Crippen LogP contribution in [0.5, 0.6) is 0 Å². The topological polar surface area (TPSA) is 123 Å². The molecule has 1 unspecified atom stereocenters. The van der Waals surface area contributed by atoms with Crippen LogP contribution in [0.4, 0.5) is 4.79 Å². The Morgan fingerprint density at radius 1 is 1.27 bits per heavy atom. The number of carbonyl (C=O) groups excluding carboxylic acids is 3. The van der Waals surface area contributed by atoms with Crippen LogP contribution in [-0.4, -0.2) is 40.2 Å². The van der Waals surface area contributed by atoms with Crippen molar-refractivity contribution in [3.05, 3.63) is 41.5 Å². The average Bonchev–Trinajstić information content (AvgIpc) is 3.37. The van der Waals surface area contributed by atoms with Crippen molar-refractivity contribution in [1.29, 1.82) is 0 Å². The third-order valence-electron chi connectivity index (χ3n) is 4.61. The standard InChI is InChI=1S/C20H24N4O5S/c1-12(18(25)23-20(27)22-14-7-3-4-8-14)28-19(26)15-9-5-6-10-16(15)30-11-17-21-13(2)24-29-17/h5-6,9-10,12,14H,3-4,7-8,11H2,1-2H3,(H2,22,23,25,27). The van der Waals surface area contributed by atoms with Gasteiger partial charge >= 0.3 is 12.0 Å². The first-order valence-corrected chi connectivity index (χ1v) is 10.7. The largest absolute Gasteiger partial charge is 0.449 e. The van der Waals surface area contributed by atoms with Gasteiger partial charge < -0.3 is 14.6 Å². The van der Waals surface area contributed by atoms with Crippen molar-refractivity contribution >= 4 is 29.7 Å². The van der Waals surface area contributed by atoms with E-state index >= 15 is 0 Å². The van der Waals surface area contributed by atoms with Crippen molar-refractivity contribution in [3.63, 3.8) is 0 Å². The fourth-order valence-corrected chi connectivity index (χ4v) is 3.96. The first kappa shape index (κ1) is 21.8. The van der Waals surface area contributed by atoms with Crippen molar-refractivity contribution in [2.24, 2.45) is 0 Å². The molecule has 0 spiro atoms. The predicted molar refractivity (Wildman–Crippen MR) is 109 cm³/mol. The molecule has 3 rings (SSSR count). The monoisotopic (exact) mass is 432 g/mol. The number of amides is 3. The van der Waals surface area contributed by atoms with Crippen LogP contribution >= 0.6 is 11.8 Å². The van der Waals surface area contributed by atoms with Gasteiger partial charge in [-0.15, -0.1) is 11.8 Å². The van der Waals surface area contributed by atoms with Crippen LogP contribution < -0.4 is 10.6 Å². The van der Waals surface area contributed by atoms with E-state index < -0.39 is 24.0 Å². The molecule has 0 bridgehead atoms. The van der Waals surface area contributed by atoms with E-state index in [1.54, 1.807) is 31.2 Å². The lowest BCUT2D eigenvalue weighted by molar-refractivity contribution is -0.127. The summed E-state index contributed by atoms with van der Waals surface area (Å²) in [6, 6.07) is 6.40. The molecule has 9 nitrogen and oxygen atoms in total. The zero-order chi connectivity index (χ0) is 21.5. The summed E-state index contributed by atoms with van der Waals surface area (Å²) in [4.78, 5) is 41.5. The van der Waals surface area contributed by atoms with E-state index in [2.05, 4.69) is 20.8 Å². The minimum atomic E-state index is -1.12. The lowest BCUT2D eigenvalue weighted by Gasteiger charge is -2.16. The van der Waals surface area contributed by atoms with E-state index in [4.69, 9.17) is 9.26 Å². The van der Waals surface area contributed by atoms with Crippen LogP contribution in [-0.2, 0) is 15.3 Å². The molecule has 2 aromatic rings. The number of carbonyl (C=O) groups is 3. The average molecular weight is 433 g/mol. The highest BCUT2D eigenvalue weighted by molar-refractivity contribution is 7.98. The highest BCUT2D eigenvalue weighted by Crippen LogP contribution is 2.26. The smallest absolute Gasteiger partial charge is 0.340 e. The van der Waals surface area contributed by atoms with Gasteiger partial charge in [0.05, 0.1) is 11.3 Å². The molecule has 1 aromatic heterocycles. The Labute approximate surface area is 178 Å². The number of aromatic nitrogens is 2. The summed E-state index contributed by atoms with van der Waals surface area (Å²) >= 11 is 1.34. The maximum Gasteiger partial charge on any atom is 0.340 e. The fourth-order valence-electron chi connectivity index (χ4n) is 3.08. The molecule has 1 aliphatic carbocycles. The molecule has 1 aliphatic rings. The summed E-state index contributed by atoms with van der Waals surface area (Å²) in [5.74, 6) is 0.0449. The van der Waals surface area contributed by atoms with Gasteiger partial charge in [0.15, 0.2) is 11.9 Å². The second-order valence-corrected chi connectivity index (χ2v) is 8.03. The molecular weight excluding hydrogens is 408 g/mol. The van der Waals surface area contributed by atoms with E-state index in [1.807, 2.05) is 0 Å². The van der Waals surface area contributed by atoms with E-state index in [0.717, 1.165) is 25.7 Å². The van der Waals surface area contributed by atoms with E-state index in [1.165, 1.54) is 18.7 Å². The Morgan fingerprint density at radius 2 is 2.00 bits per heavy atom. The molecule has 2 N–H and O–H groups in total. The summed E-state index contributed by atoms with van der Waals surface area (Å²) < 4.78 is 10.3. The Bertz CT molecular complexity index is 910. The summed E-state index contributed by atoms with van der Waals surface area (Å²) in [6.07, 6.45) is 2.82. The van der Waals surface area contributed by atoms with Crippen LogP contribution in [0.1, 0.15) is 54.7 Å². The quantitative estimate of drug-likeness (QED) is 0.506. The Morgan fingerprint density at radius 3 is 2.70 bits per heavy atom. The Balaban J connectivity index is 1.54. The SMILES string of the molecule is Cc1noc(CSc2ccccc2C(=O)OC(C)C(=O)NC(=O)NC2CCCC2)n1.